The number of aromatic nitrogens is 1. The fraction of sp³-hybridized carbons (Fsp3) is 0.167. The zero-order valence-electron chi connectivity index (χ0n) is 18.8. The van der Waals surface area contributed by atoms with Gasteiger partial charge in [0.25, 0.3) is 0 Å². The van der Waals surface area contributed by atoms with E-state index in [1.807, 2.05) is 0 Å². The number of hydrogen-bond donors (Lipinski definition) is 0. The van der Waals surface area contributed by atoms with Gasteiger partial charge in [0.1, 0.15) is 18.5 Å². The molecule has 2 aliphatic rings. The van der Waals surface area contributed by atoms with Crippen LogP contribution in [0.4, 0.5) is 0 Å². The van der Waals surface area contributed by atoms with Crippen LogP contribution >= 0.6 is 0 Å². The molecule has 1 aliphatic heterocycles. The summed E-state index contributed by atoms with van der Waals surface area (Å²) in [5.74, 6) is 1.90. The first-order valence-electron chi connectivity index (χ1n) is 11.3. The van der Waals surface area contributed by atoms with E-state index in [-0.39, 0.29) is 5.41 Å². The Bertz CT molecular complexity index is 1640. The minimum Gasteiger partial charge on any atom is -0.456 e. The van der Waals surface area contributed by atoms with Gasteiger partial charge in [0.15, 0.2) is 6.20 Å². The number of ether oxygens (including phenoxy) is 1. The second kappa shape index (κ2) is 5.77. The van der Waals surface area contributed by atoms with Crippen LogP contribution in [0.5, 0.6) is 11.5 Å². The van der Waals surface area contributed by atoms with Gasteiger partial charge < -0.3 is 4.74 Å². The van der Waals surface area contributed by atoms with Crippen molar-refractivity contribution in [1.29, 1.82) is 0 Å². The number of fused-ring (bicyclic) bond motifs is 7. The molecule has 0 N–H and O–H groups in total. The minimum absolute atomic E-state index is 0.0552. The molecule has 2 nitrogen and oxygen atoms in total. The predicted molar refractivity (Wildman–Crippen MR) is 130 cm³/mol. The maximum atomic E-state index is 6.69. The Morgan fingerprint density at radius 1 is 0.812 bits per heavy atom. The van der Waals surface area contributed by atoms with E-state index in [0.29, 0.717) is 0 Å². The summed E-state index contributed by atoms with van der Waals surface area (Å²) in [6, 6.07) is 24.2. The molecule has 4 aromatic carbocycles. The molecule has 0 spiro atoms. The van der Waals surface area contributed by atoms with E-state index in [1.165, 1.54) is 60.6 Å². The summed E-state index contributed by atoms with van der Waals surface area (Å²) in [6.07, 6.45) is 2.21. The summed E-state index contributed by atoms with van der Waals surface area (Å²) in [4.78, 5) is 0. The van der Waals surface area contributed by atoms with Gasteiger partial charge in [-0.1, -0.05) is 62.4 Å². The van der Waals surface area contributed by atoms with Crippen molar-refractivity contribution in [2.45, 2.75) is 26.2 Å². The van der Waals surface area contributed by atoms with Gasteiger partial charge in [-0.05, 0) is 57.6 Å². The molecule has 0 bridgehead atoms. The van der Waals surface area contributed by atoms with Crippen molar-refractivity contribution in [3.8, 4) is 33.9 Å². The maximum Gasteiger partial charge on any atom is 0.228 e. The van der Waals surface area contributed by atoms with Gasteiger partial charge in [0.05, 0.1) is 10.9 Å². The predicted octanol–water partition coefficient (Wildman–Crippen LogP) is 7.20. The van der Waals surface area contributed by atoms with Crippen molar-refractivity contribution in [3.05, 3.63) is 89.6 Å². The summed E-state index contributed by atoms with van der Waals surface area (Å²) < 4.78 is 8.95. The Morgan fingerprint density at radius 2 is 1.59 bits per heavy atom. The monoisotopic (exact) mass is 414 g/mol. The van der Waals surface area contributed by atoms with Crippen molar-refractivity contribution in [2.75, 3.05) is 0 Å². The van der Waals surface area contributed by atoms with Gasteiger partial charge in [-0.3, -0.25) is 0 Å². The summed E-state index contributed by atoms with van der Waals surface area (Å²) in [6.45, 7) is 6.92. The zero-order valence-corrected chi connectivity index (χ0v) is 18.8. The van der Waals surface area contributed by atoms with E-state index in [0.717, 1.165) is 11.5 Å². The highest BCUT2D eigenvalue weighted by Gasteiger charge is 2.40. The Labute approximate surface area is 187 Å². The molecule has 0 unspecified atom stereocenters. The van der Waals surface area contributed by atoms with Gasteiger partial charge in [0, 0.05) is 16.9 Å². The quantitative estimate of drug-likeness (QED) is 0.239. The molecule has 32 heavy (non-hydrogen) atoms. The summed E-state index contributed by atoms with van der Waals surface area (Å²) in [5, 5.41) is 5.02. The van der Waals surface area contributed by atoms with Crippen LogP contribution in [0.3, 0.4) is 0 Å². The Hall–Kier alpha value is -3.65. The summed E-state index contributed by atoms with van der Waals surface area (Å²) >= 11 is 0. The van der Waals surface area contributed by atoms with E-state index in [1.54, 1.807) is 0 Å². The number of benzene rings is 4. The Morgan fingerprint density at radius 3 is 2.47 bits per heavy atom. The molecule has 0 radical (unpaired) electrons. The van der Waals surface area contributed by atoms with Crippen LogP contribution in [0.25, 0.3) is 43.9 Å². The van der Waals surface area contributed by atoms with Gasteiger partial charge in [-0.15, -0.1) is 0 Å². The smallest absolute Gasteiger partial charge is 0.228 e. The molecule has 1 aliphatic carbocycles. The van der Waals surface area contributed by atoms with Crippen molar-refractivity contribution >= 4 is 21.5 Å². The summed E-state index contributed by atoms with van der Waals surface area (Å²) in [7, 11) is 2.15. The molecule has 0 amide bonds. The number of aryl methyl sites for hydroxylation is 2. The number of hydrogen-bond acceptors (Lipinski definition) is 1. The third-order valence-electron chi connectivity index (χ3n) is 7.63. The Kier molecular flexibility index (Phi) is 3.24. The van der Waals surface area contributed by atoms with Crippen molar-refractivity contribution in [1.82, 2.24) is 0 Å². The van der Waals surface area contributed by atoms with Crippen LogP contribution in [0.15, 0.2) is 72.9 Å². The third kappa shape index (κ3) is 2.03. The van der Waals surface area contributed by atoms with Crippen LogP contribution in [0.1, 0.15) is 30.5 Å². The third-order valence-corrected chi connectivity index (χ3v) is 7.63. The van der Waals surface area contributed by atoms with Crippen LogP contribution in [-0.4, -0.2) is 0 Å². The molecule has 2 heteroatoms. The van der Waals surface area contributed by atoms with Crippen molar-refractivity contribution in [3.63, 3.8) is 0 Å². The highest BCUT2D eigenvalue weighted by molar-refractivity contribution is 6.09. The van der Waals surface area contributed by atoms with Gasteiger partial charge >= 0.3 is 0 Å². The van der Waals surface area contributed by atoms with E-state index in [4.69, 9.17) is 4.74 Å². The Balaban J connectivity index is 1.66. The highest BCUT2D eigenvalue weighted by Crippen LogP contribution is 2.56. The van der Waals surface area contributed by atoms with Crippen molar-refractivity contribution in [2.24, 2.45) is 7.05 Å². The van der Waals surface area contributed by atoms with E-state index < -0.39 is 0 Å². The molecule has 0 saturated heterocycles. The molecular formula is C30H24NO+. The second-order valence-corrected chi connectivity index (χ2v) is 9.73. The second-order valence-electron chi connectivity index (χ2n) is 9.73. The lowest BCUT2D eigenvalue weighted by Crippen LogP contribution is -2.32. The van der Waals surface area contributed by atoms with E-state index in [2.05, 4.69) is 105 Å². The first-order chi connectivity index (χ1) is 15.5. The topological polar surface area (TPSA) is 13.1 Å². The number of rotatable bonds is 0. The van der Waals surface area contributed by atoms with Gasteiger partial charge in [-0.25, -0.2) is 4.57 Å². The number of pyridine rings is 1. The fourth-order valence-electron chi connectivity index (χ4n) is 6.18. The van der Waals surface area contributed by atoms with Crippen LogP contribution in [0, 0.1) is 6.92 Å². The molecule has 1 aromatic heterocycles. The molecule has 7 rings (SSSR count). The summed E-state index contributed by atoms with van der Waals surface area (Å²) in [5.41, 5.74) is 9.09. The average Bonchev–Trinajstić information content (AvgIpc) is 3.02. The number of nitrogens with zero attached hydrogens (tertiary/aromatic N) is 1. The van der Waals surface area contributed by atoms with Gasteiger partial charge in [0.2, 0.25) is 5.69 Å². The van der Waals surface area contributed by atoms with Crippen LogP contribution < -0.4 is 9.30 Å². The van der Waals surface area contributed by atoms with Crippen molar-refractivity contribution < 1.29 is 9.30 Å². The minimum atomic E-state index is -0.0552. The lowest BCUT2D eigenvalue weighted by atomic mass is 9.79. The zero-order chi connectivity index (χ0) is 21.8. The SMILES string of the molecule is Cc1c2c(cc3ccccc13)Oc1cc3c(c4cc[n+](C)c-2c14)C(C)(C)c1ccccc1-3. The molecule has 0 atom stereocenters. The maximum absolute atomic E-state index is 6.69. The normalized spacial score (nSPS) is 14.8. The van der Waals surface area contributed by atoms with Crippen LogP contribution in [-0.2, 0) is 12.5 Å². The van der Waals surface area contributed by atoms with E-state index in [9.17, 15) is 0 Å². The molecule has 0 fully saturated rings. The lowest BCUT2D eigenvalue weighted by Gasteiger charge is -2.26. The fourth-order valence-corrected chi connectivity index (χ4v) is 6.18. The highest BCUT2D eigenvalue weighted by atomic mass is 16.5. The standard InChI is InChI=1S/C30H24NO/c1-17-19-10-6-5-9-18(19)15-24-26(17)29-27-21(13-14-31(29)4)28-22(16-25(27)32-24)20-11-7-8-12-23(20)30(28,2)3/h5-16H,1-4H3/q+1. The average molecular weight is 415 g/mol. The van der Waals surface area contributed by atoms with Crippen LogP contribution in [0.2, 0.25) is 0 Å². The molecule has 0 saturated carbocycles. The molecule has 5 aromatic rings. The first kappa shape index (κ1) is 18.0. The lowest BCUT2D eigenvalue weighted by molar-refractivity contribution is -0.659. The first-order valence-corrected chi connectivity index (χ1v) is 11.3. The molecule has 154 valence electrons. The largest absolute Gasteiger partial charge is 0.456 e. The molecule has 2 heterocycles. The van der Waals surface area contributed by atoms with Gasteiger partial charge in [-0.2, -0.15) is 0 Å². The van der Waals surface area contributed by atoms with E-state index >= 15 is 0 Å². The molecular weight excluding hydrogens is 390 g/mol.